The Labute approximate surface area is 211 Å². The topological polar surface area (TPSA) is 45.1 Å². The number of halogens is 1. The van der Waals surface area contributed by atoms with E-state index >= 15 is 4.39 Å². The molecule has 5 nitrogen and oxygen atoms in total. The number of hydrogen-bond donors (Lipinski definition) is 0. The first kappa shape index (κ1) is 24.1. The highest BCUT2D eigenvalue weighted by Gasteiger charge is 2.37. The third kappa shape index (κ3) is 4.76. The molecule has 3 aliphatic heterocycles. The van der Waals surface area contributed by atoms with E-state index in [1.54, 1.807) is 17.0 Å². The van der Waals surface area contributed by atoms with E-state index in [4.69, 9.17) is 9.73 Å². The first-order valence-electron chi connectivity index (χ1n) is 12.3. The second-order valence-electron chi connectivity index (χ2n) is 10.3. The van der Waals surface area contributed by atoms with Crippen LogP contribution in [-0.4, -0.2) is 47.8 Å². The van der Waals surface area contributed by atoms with Crippen molar-refractivity contribution in [3.8, 4) is 0 Å². The van der Waals surface area contributed by atoms with E-state index in [0.29, 0.717) is 28.1 Å². The van der Waals surface area contributed by atoms with E-state index in [9.17, 15) is 4.79 Å². The molecule has 2 atom stereocenters. The molecule has 5 rings (SSSR count). The van der Waals surface area contributed by atoms with Crippen LogP contribution in [0.5, 0.6) is 0 Å². The summed E-state index contributed by atoms with van der Waals surface area (Å²) in [6, 6.07) is 13.1. The fourth-order valence-electron chi connectivity index (χ4n) is 5.21. The van der Waals surface area contributed by atoms with Crippen LogP contribution >= 0.6 is 11.8 Å². The number of amides is 1. The van der Waals surface area contributed by atoms with Gasteiger partial charge in [0.1, 0.15) is 5.82 Å². The van der Waals surface area contributed by atoms with Crippen LogP contribution in [0, 0.1) is 5.82 Å². The van der Waals surface area contributed by atoms with E-state index in [0.717, 1.165) is 42.8 Å². The molecule has 2 aromatic carbocycles. The molecule has 0 aliphatic carbocycles. The zero-order valence-corrected chi connectivity index (χ0v) is 21.6. The molecule has 2 aromatic rings. The Balaban J connectivity index is 1.50. The molecule has 2 fully saturated rings. The standard InChI is InChI=1S/C28H32FN3O2S/c1-18-16-28(2,3)31(4)24-15-23(29)19(13-22(18)24)14-25-26(33)32(17-21-11-8-12-34-21)27(35-25)30-20-9-6-5-7-10-20/h5-7,9-10,13-15,18,21H,8,11-12,16-17H2,1-4H3/b25-14+,30-27?. The van der Waals surface area contributed by atoms with Crippen LogP contribution in [0.25, 0.3) is 6.08 Å². The SMILES string of the molecule is CC1CC(C)(C)N(C)c2cc(F)c(/C=C3/SC(=Nc4ccccc4)N(CC4CCCO4)C3=O)cc21. The maximum atomic E-state index is 15.3. The maximum absolute atomic E-state index is 15.3. The number of para-hydroxylation sites is 1. The molecule has 0 saturated carbocycles. The van der Waals surface area contributed by atoms with Crippen molar-refractivity contribution in [1.82, 2.24) is 4.90 Å². The lowest BCUT2D eigenvalue weighted by Gasteiger charge is -2.45. The molecule has 0 spiro atoms. The molecular weight excluding hydrogens is 461 g/mol. The minimum Gasteiger partial charge on any atom is -0.376 e. The second-order valence-corrected chi connectivity index (χ2v) is 11.3. The van der Waals surface area contributed by atoms with Crippen molar-refractivity contribution in [2.24, 2.45) is 4.99 Å². The van der Waals surface area contributed by atoms with Crippen LogP contribution in [0.1, 0.15) is 57.1 Å². The summed E-state index contributed by atoms with van der Waals surface area (Å²) in [5.41, 5.74) is 3.22. The molecule has 35 heavy (non-hydrogen) atoms. The number of amidine groups is 1. The maximum Gasteiger partial charge on any atom is 0.266 e. The zero-order valence-electron chi connectivity index (χ0n) is 20.8. The summed E-state index contributed by atoms with van der Waals surface area (Å²) in [4.78, 5) is 22.5. The van der Waals surface area contributed by atoms with E-state index in [-0.39, 0.29) is 23.4 Å². The van der Waals surface area contributed by atoms with Gasteiger partial charge in [0.05, 0.1) is 23.2 Å². The molecule has 3 aliphatic rings. The number of carbonyl (C=O) groups excluding carboxylic acids is 1. The molecule has 7 heteroatoms. The largest absolute Gasteiger partial charge is 0.376 e. The Kier molecular flexibility index (Phi) is 6.49. The van der Waals surface area contributed by atoms with Crippen molar-refractivity contribution >= 4 is 40.3 Å². The van der Waals surface area contributed by atoms with Gasteiger partial charge < -0.3 is 9.64 Å². The summed E-state index contributed by atoms with van der Waals surface area (Å²) >= 11 is 1.30. The van der Waals surface area contributed by atoms with Crippen molar-refractivity contribution in [1.29, 1.82) is 0 Å². The first-order valence-corrected chi connectivity index (χ1v) is 13.1. The van der Waals surface area contributed by atoms with Gasteiger partial charge in [-0.3, -0.25) is 9.69 Å². The Morgan fingerprint density at radius 1 is 1.26 bits per heavy atom. The third-order valence-electron chi connectivity index (χ3n) is 7.32. The highest BCUT2D eigenvalue weighted by Crippen LogP contribution is 2.44. The molecule has 2 saturated heterocycles. The van der Waals surface area contributed by atoms with Gasteiger partial charge in [-0.05, 0) is 86.7 Å². The average Bonchev–Trinajstić information content (AvgIpc) is 3.43. The smallest absolute Gasteiger partial charge is 0.266 e. The Morgan fingerprint density at radius 3 is 2.74 bits per heavy atom. The molecule has 2 unspecified atom stereocenters. The summed E-state index contributed by atoms with van der Waals surface area (Å²) in [5, 5.41) is 0.608. The first-order chi connectivity index (χ1) is 16.7. The van der Waals surface area contributed by atoms with Crippen molar-refractivity contribution in [3.05, 3.63) is 64.3 Å². The van der Waals surface area contributed by atoms with Gasteiger partial charge in [-0.15, -0.1) is 0 Å². The Bertz CT molecular complexity index is 1190. The van der Waals surface area contributed by atoms with E-state index < -0.39 is 0 Å². The number of benzene rings is 2. The monoisotopic (exact) mass is 493 g/mol. The van der Waals surface area contributed by atoms with E-state index in [1.165, 1.54) is 11.8 Å². The molecule has 184 valence electrons. The summed E-state index contributed by atoms with van der Waals surface area (Å²) in [7, 11) is 2.02. The van der Waals surface area contributed by atoms with Crippen molar-refractivity contribution in [2.45, 2.75) is 57.6 Å². The molecule has 0 bridgehead atoms. The van der Waals surface area contributed by atoms with Gasteiger partial charge >= 0.3 is 0 Å². The van der Waals surface area contributed by atoms with Gasteiger partial charge in [0.25, 0.3) is 5.91 Å². The van der Waals surface area contributed by atoms with Gasteiger partial charge in [-0.25, -0.2) is 9.38 Å². The minimum atomic E-state index is -0.319. The molecule has 0 radical (unpaired) electrons. The number of ether oxygens (including phenoxy) is 1. The van der Waals surface area contributed by atoms with Gasteiger partial charge in [0.2, 0.25) is 0 Å². The quantitative estimate of drug-likeness (QED) is 0.467. The van der Waals surface area contributed by atoms with Crippen LogP contribution in [-0.2, 0) is 9.53 Å². The number of anilines is 1. The van der Waals surface area contributed by atoms with Crippen LogP contribution in [0.2, 0.25) is 0 Å². The Morgan fingerprint density at radius 2 is 2.03 bits per heavy atom. The number of thioether (sulfide) groups is 1. The summed E-state index contributed by atoms with van der Waals surface area (Å²) < 4.78 is 21.1. The summed E-state index contributed by atoms with van der Waals surface area (Å²) in [5.74, 6) is -0.170. The van der Waals surface area contributed by atoms with Gasteiger partial charge in [-0.1, -0.05) is 25.1 Å². The van der Waals surface area contributed by atoms with Crippen molar-refractivity contribution < 1.29 is 13.9 Å². The van der Waals surface area contributed by atoms with Gasteiger partial charge in [0.15, 0.2) is 5.17 Å². The lowest BCUT2D eigenvalue weighted by atomic mass is 9.80. The molecular formula is C28H32FN3O2S. The number of aliphatic imine (C=N–C) groups is 1. The molecule has 0 aromatic heterocycles. The lowest BCUT2D eigenvalue weighted by molar-refractivity contribution is -0.123. The third-order valence-corrected chi connectivity index (χ3v) is 8.32. The molecule has 3 heterocycles. The highest BCUT2D eigenvalue weighted by atomic mass is 32.2. The Hall–Kier alpha value is -2.64. The zero-order chi connectivity index (χ0) is 24.7. The van der Waals surface area contributed by atoms with E-state index in [1.807, 2.05) is 43.4 Å². The van der Waals surface area contributed by atoms with Crippen molar-refractivity contribution in [3.63, 3.8) is 0 Å². The predicted octanol–water partition coefficient (Wildman–Crippen LogP) is 6.33. The fraction of sp³-hybridized carbons (Fsp3) is 0.429. The van der Waals surface area contributed by atoms with Crippen LogP contribution in [0.4, 0.5) is 15.8 Å². The minimum absolute atomic E-state index is 0.0000880. The molecule has 0 N–H and O–H groups in total. The number of rotatable bonds is 4. The number of hydrogen-bond acceptors (Lipinski definition) is 5. The second kappa shape index (κ2) is 9.43. The van der Waals surface area contributed by atoms with Gasteiger partial charge in [-0.2, -0.15) is 0 Å². The summed E-state index contributed by atoms with van der Waals surface area (Å²) in [6.45, 7) is 7.73. The normalized spacial score (nSPS) is 26.1. The summed E-state index contributed by atoms with van der Waals surface area (Å²) in [6.07, 6.45) is 4.59. The average molecular weight is 494 g/mol. The van der Waals surface area contributed by atoms with Crippen molar-refractivity contribution in [2.75, 3.05) is 25.1 Å². The van der Waals surface area contributed by atoms with Crippen LogP contribution in [0.15, 0.2) is 52.4 Å². The van der Waals surface area contributed by atoms with E-state index in [2.05, 4.69) is 25.7 Å². The number of nitrogens with zero attached hydrogens (tertiary/aromatic N) is 3. The predicted molar refractivity (Wildman–Crippen MR) is 142 cm³/mol. The number of carbonyl (C=O) groups is 1. The van der Waals surface area contributed by atoms with Crippen LogP contribution in [0.3, 0.4) is 0 Å². The fourth-order valence-corrected chi connectivity index (χ4v) is 6.21. The van der Waals surface area contributed by atoms with Gasteiger partial charge in [0, 0.05) is 30.4 Å². The number of fused-ring (bicyclic) bond motifs is 1. The lowest BCUT2D eigenvalue weighted by Crippen LogP contribution is -2.45. The van der Waals surface area contributed by atoms with Crippen LogP contribution < -0.4 is 4.90 Å². The molecule has 1 amide bonds. The highest BCUT2D eigenvalue weighted by molar-refractivity contribution is 8.18.